The molecule has 0 bridgehead atoms. The van der Waals surface area contributed by atoms with E-state index in [1.54, 1.807) is 0 Å². The van der Waals surface area contributed by atoms with Crippen LogP contribution in [-0.2, 0) is 10.0 Å². The predicted octanol–water partition coefficient (Wildman–Crippen LogP) is 0.676. The van der Waals surface area contributed by atoms with Gasteiger partial charge in [0.1, 0.15) is 4.90 Å². The fraction of sp³-hybridized carbons (Fsp3) is 0.500. The number of carboxylic acids is 1. The average molecular weight is 353 g/mol. The molecule has 106 valence electrons. The number of aromatic carboxylic acids is 1. The first-order valence-corrected chi connectivity index (χ1v) is 7.77. The Labute approximate surface area is 119 Å². The molecule has 9 heteroatoms. The van der Waals surface area contributed by atoms with Crippen LogP contribution in [0.4, 0.5) is 0 Å². The number of halogens is 1. The first-order chi connectivity index (χ1) is 8.82. The molecule has 0 unspecified atom stereocenters. The third-order valence-electron chi connectivity index (χ3n) is 2.95. The normalized spacial score (nSPS) is 18.6. The molecule has 7 nitrogen and oxygen atoms in total. The van der Waals surface area contributed by atoms with Crippen LogP contribution in [0.2, 0.25) is 0 Å². The van der Waals surface area contributed by atoms with Gasteiger partial charge in [0, 0.05) is 32.2 Å². The minimum atomic E-state index is -3.73. The van der Waals surface area contributed by atoms with Crippen LogP contribution in [-0.4, -0.2) is 61.9 Å². The molecule has 0 aliphatic carbocycles. The smallest absolute Gasteiger partial charge is 0.371 e. The highest BCUT2D eigenvalue weighted by atomic mass is 79.9. The van der Waals surface area contributed by atoms with Gasteiger partial charge >= 0.3 is 5.97 Å². The second-order valence-electron chi connectivity index (χ2n) is 4.26. The van der Waals surface area contributed by atoms with Crippen molar-refractivity contribution in [2.24, 2.45) is 0 Å². The summed E-state index contributed by atoms with van der Waals surface area (Å²) in [5.41, 5.74) is 0. The fourth-order valence-corrected chi connectivity index (χ4v) is 4.13. The Morgan fingerprint density at radius 2 is 1.95 bits per heavy atom. The second-order valence-corrected chi connectivity index (χ2v) is 6.89. The number of rotatable bonds is 3. The standard InChI is InChI=1S/C10H13BrN2O5S/c1-12-2-4-13(5-3-12)19(16,17)8-6-7(10(14)15)18-9(8)11/h6H,2-5H2,1H3,(H,14,15). The summed E-state index contributed by atoms with van der Waals surface area (Å²) < 4.78 is 30.9. The fourth-order valence-electron chi connectivity index (χ4n) is 1.80. The number of likely N-dealkylation sites (N-methyl/N-ethyl adjacent to an activating group) is 1. The summed E-state index contributed by atoms with van der Waals surface area (Å²) in [4.78, 5) is 12.7. The van der Waals surface area contributed by atoms with Gasteiger partial charge in [-0.15, -0.1) is 0 Å². The number of hydrogen-bond acceptors (Lipinski definition) is 5. The van der Waals surface area contributed by atoms with Crippen molar-refractivity contribution in [2.75, 3.05) is 33.2 Å². The summed E-state index contributed by atoms with van der Waals surface area (Å²) in [6.07, 6.45) is 0. The van der Waals surface area contributed by atoms with E-state index >= 15 is 0 Å². The van der Waals surface area contributed by atoms with Crippen LogP contribution in [0.25, 0.3) is 0 Å². The number of furan rings is 1. The van der Waals surface area contributed by atoms with E-state index in [9.17, 15) is 13.2 Å². The highest BCUT2D eigenvalue weighted by Crippen LogP contribution is 2.29. The number of piperazine rings is 1. The van der Waals surface area contributed by atoms with Gasteiger partial charge in [0.2, 0.25) is 15.8 Å². The maximum atomic E-state index is 12.4. The summed E-state index contributed by atoms with van der Waals surface area (Å²) in [5.74, 6) is -1.71. The van der Waals surface area contributed by atoms with E-state index in [2.05, 4.69) is 15.9 Å². The summed E-state index contributed by atoms with van der Waals surface area (Å²) in [6, 6.07) is 1.03. The Morgan fingerprint density at radius 3 is 2.42 bits per heavy atom. The predicted molar refractivity (Wildman–Crippen MR) is 69.6 cm³/mol. The monoisotopic (exact) mass is 352 g/mol. The van der Waals surface area contributed by atoms with Gasteiger partial charge in [-0.25, -0.2) is 13.2 Å². The van der Waals surface area contributed by atoms with Crippen molar-refractivity contribution < 1.29 is 22.7 Å². The van der Waals surface area contributed by atoms with Crippen LogP contribution >= 0.6 is 15.9 Å². The Morgan fingerprint density at radius 1 is 1.37 bits per heavy atom. The molecule has 0 radical (unpaired) electrons. The maximum Gasteiger partial charge on any atom is 0.371 e. The van der Waals surface area contributed by atoms with Crippen molar-refractivity contribution in [1.82, 2.24) is 9.21 Å². The van der Waals surface area contributed by atoms with E-state index in [1.807, 2.05) is 11.9 Å². The van der Waals surface area contributed by atoms with Gasteiger partial charge in [-0.1, -0.05) is 0 Å². The van der Waals surface area contributed by atoms with E-state index in [0.717, 1.165) is 6.07 Å². The van der Waals surface area contributed by atoms with Crippen LogP contribution in [0, 0.1) is 0 Å². The summed E-state index contributed by atoms with van der Waals surface area (Å²) in [6.45, 7) is 2.03. The van der Waals surface area contributed by atoms with Gasteiger partial charge in [0.15, 0.2) is 4.67 Å². The van der Waals surface area contributed by atoms with Crippen molar-refractivity contribution in [3.8, 4) is 0 Å². The Bertz CT molecular complexity index is 589. The molecule has 19 heavy (non-hydrogen) atoms. The minimum absolute atomic E-state index is 0.0798. The lowest BCUT2D eigenvalue weighted by Crippen LogP contribution is -2.47. The van der Waals surface area contributed by atoms with E-state index in [0.29, 0.717) is 26.2 Å². The van der Waals surface area contributed by atoms with Gasteiger partial charge in [-0.3, -0.25) is 0 Å². The molecule has 1 aliphatic heterocycles. The summed E-state index contributed by atoms with van der Waals surface area (Å²) in [7, 11) is -1.81. The molecule has 0 amide bonds. The van der Waals surface area contributed by atoms with Gasteiger partial charge < -0.3 is 14.4 Å². The van der Waals surface area contributed by atoms with Gasteiger partial charge in [0.05, 0.1) is 0 Å². The van der Waals surface area contributed by atoms with Gasteiger partial charge in [-0.05, 0) is 23.0 Å². The topological polar surface area (TPSA) is 91.1 Å². The molecule has 1 N–H and O–H groups in total. The second kappa shape index (κ2) is 5.23. The number of carboxylic acid groups (broad SMARTS) is 1. The number of carbonyl (C=O) groups is 1. The van der Waals surface area contributed by atoms with Crippen LogP contribution in [0.1, 0.15) is 10.6 Å². The molecular formula is C10H13BrN2O5S. The van der Waals surface area contributed by atoms with Crippen molar-refractivity contribution in [3.05, 3.63) is 16.5 Å². The van der Waals surface area contributed by atoms with E-state index in [1.165, 1.54) is 4.31 Å². The van der Waals surface area contributed by atoms with Crippen LogP contribution in [0.15, 0.2) is 20.0 Å². The third-order valence-corrected chi connectivity index (χ3v) is 5.70. The maximum absolute atomic E-state index is 12.4. The molecule has 2 heterocycles. The Kier molecular flexibility index (Phi) is 4.00. The lowest BCUT2D eigenvalue weighted by molar-refractivity contribution is 0.0661. The summed E-state index contributed by atoms with van der Waals surface area (Å²) in [5, 5.41) is 8.80. The Hall–Kier alpha value is -0.900. The van der Waals surface area contributed by atoms with Gasteiger partial charge in [-0.2, -0.15) is 4.31 Å². The molecule has 1 saturated heterocycles. The SMILES string of the molecule is CN1CCN(S(=O)(=O)c2cc(C(=O)O)oc2Br)CC1. The van der Waals surface area contributed by atoms with Crippen molar-refractivity contribution in [3.63, 3.8) is 0 Å². The molecule has 0 atom stereocenters. The minimum Gasteiger partial charge on any atom is -0.475 e. The highest BCUT2D eigenvalue weighted by Gasteiger charge is 2.32. The zero-order valence-corrected chi connectivity index (χ0v) is 12.6. The van der Waals surface area contributed by atoms with Gasteiger partial charge in [0.25, 0.3) is 0 Å². The van der Waals surface area contributed by atoms with Crippen molar-refractivity contribution >= 4 is 31.9 Å². The van der Waals surface area contributed by atoms with E-state index in [-0.39, 0.29) is 9.56 Å². The molecule has 0 saturated carbocycles. The lowest BCUT2D eigenvalue weighted by Gasteiger charge is -2.31. The van der Waals surface area contributed by atoms with E-state index in [4.69, 9.17) is 9.52 Å². The largest absolute Gasteiger partial charge is 0.475 e. The zero-order valence-electron chi connectivity index (χ0n) is 10.2. The van der Waals surface area contributed by atoms with Crippen molar-refractivity contribution in [1.29, 1.82) is 0 Å². The molecule has 2 rings (SSSR count). The van der Waals surface area contributed by atoms with Crippen LogP contribution < -0.4 is 0 Å². The molecule has 1 aromatic rings. The van der Waals surface area contributed by atoms with Crippen LogP contribution in [0.5, 0.6) is 0 Å². The molecule has 1 fully saturated rings. The average Bonchev–Trinajstić information content (AvgIpc) is 2.73. The number of sulfonamides is 1. The van der Waals surface area contributed by atoms with Crippen molar-refractivity contribution in [2.45, 2.75) is 4.90 Å². The molecular weight excluding hydrogens is 340 g/mol. The zero-order chi connectivity index (χ0) is 14.2. The first kappa shape index (κ1) is 14.5. The Balaban J connectivity index is 2.32. The first-order valence-electron chi connectivity index (χ1n) is 5.53. The molecule has 1 aromatic heterocycles. The molecule has 0 aromatic carbocycles. The highest BCUT2D eigenvalue weighted by molar-refractivity contribution is 9.10. The summed E-state index contributed by atoms with van der Waals surface area (Å²) >= 11 is 2.95. The molecule has 1 aliphatic rings. The van der Waals surface area contributed by atoms with Crippen LogP contribution in [0.3, 0.4) is 0 Å². The molecule has 0 spiro atoms. The quantitative estimate of drug-likeness (QED) is 0.859. The number of nitrogens with zero attached hydrogens (tertiary/aromatic N) is 2. The van der Waals surface area contributed by atoms with E-state index < -0.39 is 21.8 Å². The number of hydrogen-bond donors (Lipinski definition) is 1. The third kappa shape index (κ3) is 2.83. The lowest BCUT2D eigenvalue weighted by atomic mass is 10.4.